The van der Waals surface area contributed by atoms with Crippen LogP contribution in [0.25, 0.3) is 0 Å². The van der Waals surface area contributed by atoms with E-state index in [1.165, 1.54) is 5.56 Å². The largest absolute Gasteiger partial charge is 0.460 e. The van der Waals surface area contributed by atoms with Crippen LogP contribution in [0.5, 0.6) is 0 Å². The number of hydrogen-bond acceptors (Lipinski definition) is 3. The molecule has 1 atom stereocenters. The Kier molecular flexibility index (Phi) is 3.88. The van der Waals surface area contributed by atoms with Crippen molar-refractivity contribution in [2.24, 2.45) is 0 Å². The Hall–Kier alpha value is -0.960. The Morgan fingerprint density at radius 1 is 1.56 bits per heavy atom. The zero-order chi connectivity index (χ0) is 11.4. The van der Waals surface area contributed by atoms with E-state index < -0.39 is 0 Å². The van der Waals surface area contributed by atoms with Crippen LogP contribution in [0, 0.1) is 6.92 Å². The summed E-state index contributed by atoms with van der Waals surface area (Å²) >= 11 is 1.71. The average Bonchev–Trinajstić information content (AvgIpc) is 2.79. The van der Waals surface area contributed by atoms with E-state index in [4.69, 9.17) is 4.74 Å². The van der Waals surface area contributed by atoms with Crippen molar-refractivity contribution in [2.45, 2.75) is 31.6 Å². The van der Waals surface area contributed by atoms with Gasteiger partial charge in [-0.25, -0.2) is 0 Å². The van der Waals surface area contributed by atoms with Crippen LogP contribution in [0.4, 0.5) is 0 Å². The predicted octanol–water partition coefficient (Wildman–Crippen LogP) is 2.93. The number of carbonyl (C=O) groups is 1. The van der Waals surface area contributed by atoms with Crippen molar-refractivity contribution in [3.8, 4) is 0 Å². The fraction of sp³-hybridized carbons (Fsp3) is 0.462. The molecule has 0 amide bonds. The van der Waals surface area contributed by atoms with Crippen LogP contribution in [-0.2, 0) is 16.1 Å². The quantitative estimate of drug-likeness (QED) is 0.755. The van der Waals surface area contributed by atoms with Crippen LogP contribution in [0.1, 0.15) is 24.0 Å². The van der Waals surface area contributed by atoms with Crippen molar-refractivity contribution >= 4 is 17.7 Å². The third-order valence-corrected chi connectivity index (χ3v) is 4.01. The first-order valence-corrected chi connectivity index (χ1v) is 6.64. The average molecular weight is 236 g/mol. The van der Waals surface area contributed by atoms with Crippen molar-refractivity contribution in [2.75, 3.05) is 5.75 Å². The van der Waals surface area contributed by atoms with E-state index in [0.29, 0.717) is 6.61 Å². The molecule has 0 N–H and O–H groups in total. The van der Waals surface area contributed by atoms with Gasteiger partial charge in [-0.3, -0.25) is 4.79 Å². The monoisotopic (exact) mass is 236 g/mol. The lowest BCUT2D eigenvalue weighted by molar-refractivity contribution is -0.144. The molecule has 86 valence electrons. The maximum Gasteiger partial charge on any atom is 0.319 e. The van der Waals surface area contributed by atoms with Gasteiger partial charge in [0.15, 0.2) is 0 Å². The summed E-state index contributed by atoms with van der Waals surface area (Å²) in [5, 5.41) is 0.0739. The summed E-state index contributed by atoms with van der Waals surface area (Å²) in [6.45, 7) is 2.44. The molecule has 0 aliphatic carbocycles. The highest BCUT2D eigenvalue weighted by molar-refractivity contribution is 8.00. The number of rotatable bonds is 3. The van der Waals surface area contributed by atoms with Crippen LogP contribution in [0.2, 0.25) is 0 Å². The van der Waals surface area contributed by atoms with Crippen molar-refractivity contribution < 1.29 is 9.53 Å². The van der Waals surface area contributed by atoms with Gasteiger partial charge in [0.1, 0.15) is 11.9 Å². The lowest BCUT2D eigenvalue weighted by Gasteiger charge is -2.09. The molecule has 0 saturated carbocycles. The number of esters is 1. The molecule has 2 rings (SSSR count). The van der Waals surface area contributed by atoms with E-state index in [9.17, 15) is 4.79 Å². The lowest BCUT2D eigenvalue weighted by atomic mass is 10.1. The summed E-state index contributed by atoms with van der Waals surface area (Å²) in [7, 11) is 0. The number of aryl methyl sites for hydroxylation is 1. The van der Waals surface area contributed by atoms with Crippen molar-refractivity contribution in [3.05, 3.63) is 35.4 Å². The molecule has 0 bridgehead atoms. The third kappa shape index (κ3) is 3.01. The van der Waals surface area contributed by atoms with Gasteiger partial charge in [0.05, 0.1) is 0 Å². The molecule has 1 fully saturated rings. The minimum absolute atomic E-state index is 0.0518. The molecule has 1 saturated heterocycles. The fourth-order valence-electron chi connectivity index (χ4n) is 1.81. The first-order chi connectivity index (χ1) is 7.75. The first kappa shape index (κ1) is 11.5. The number of benzene rings is 1. The standard InChI is InChI=1S/C13H16O2S/c1-10-4-2-5-11(8-10)9-15-13(14)12-6-3-7-16-12/h2,4-5,8,12H,3,6-7,9H2,1H3. The summed E-state index contributed by atoms with van der Waals surface area (Å²) < 4.78 is 5.31. The molecule has 1 unspecified atom stereocenters. The van der Waals surface area contributed by atoms with E-state index in [-0.39, 0.29) is 11.2 Å². The second kappa shape index (κ2) is 5.39. The van der Waals surface area contributed by atoms with Gasteiger partial charge in [-0.05, 0) is 31.1 Å². The SMILES string of the molecule is Cc1cccc(COC(=O)C2CCCS2)c1. The second-order valence-corrected chi connectivity index (χ2v) is 5.41. The summed E-state index contributed by atoms with van der Waals surface area (Å²) in [5.74, 6) is 1.04. The van der Waals surface area contributed by atoms with Gasteiger partial charge in [-0.2, -0.15) is 0 Å². The minimum Gasteiger partial charge on any atom is -0.460 e. The van der Waals surface area contributed by atoms with Crippen LogP contribution >= 0.6 is 11.8 Å². The molecule has 1 aliphatic rings. The van der Waals surface area contributed by atoms with Crippen molar-refractivity contribution in [1.82, 2.24) is 0 Å². The smallest absolute Gasteiger partial charge is 0.319 e. The molecule has 0 spiro atoms. The van der Waals surface area contributed by atoms with Crippen molar-refractivity contribution in [1.29, 1.82) is 0 Å². The molecule has 1 aliphatic heterocycles. The maximum absolute atomic E-state index is 11.7. The van der Waals surface area contributed by atoms with Gasteiger partial charge in [0.25, 0.3) is 0 Å². The summed E-state index contributed by atoms with van der Waals surface area (Å²) in [6, 6.07) is 8.07. The van der Waals surface area contributed by atoms with Gasteiger partial charge >= 0.3 is 5.97 Å². The normalized spacial score (nSPS) is 19.7. The Balaban J connectivity index is 1.84. The van der Waals surface area contributed by atoms with Gasteiger partial charge in [-0.15, -0.1) is 11.8 Å². The number of ether oxygens (including phenoxy) is 1. The lowest BCUT2D eigenvalue weighted by Crippen LogP contribution is -2.17. The number of hydrogen-bond donors (Lipinski definition) is 0. The van der Waals surface area contributed by atoms with Gasteiger partial charge in [-0.1, -0.05) is 29.8 Å². The highest BCUT2D eigenvalue weighted by atomic mass is 32.2. The highest BCUT2D eigenvalue weighted by Crippen LogP contribution is 2.27. The molecule has 0 radical (unpaired) electrons. The third-order valence-electron chi connectivity index (χ3n) is 2.66. The highest BCUT2D eigenvalue weighted by Gasteiger charge is 2.24. The molecule has 1 aromatic carbocycles. The molecule has 0 aromatic heterocycles. The van der Waals surface area contributed by atoms with Gasteiger partial charge < -0.3 is 4.74 Å². The Morgan fingerprint density at radius 2 is 2.44 bits per heavy atom. The summed E-state index contributed by atoms with van der Waals surface area (Å²) in [6.07, 6.45) is 2.10. The van der Waals surface area contributed by atoms with E-state index in [2.05, 4.69) is 6.07 Å². The molecule has 2 nitrogen and oxygen atoms in total. The van der Waals surface area contributed by atoms with E-state index in [0.717, 1.165) is 24.2 Å². The molecule has 1 heterocycles. The second-order valence-electron chi connectivity index (χ2n) is 4.10. The Bertz CT molecular complexity index is 370. The fourth-order valence-corrected chi connectivity index (χ4v) is 2.97. The van der Waals surface area contributed by atoms with Crippen LogP contribution in [-0.4, -0.2) is 17.0 Å². The molecule has 3 heteroatoms. The van der Waals surface area contributed by atoms with Crippen LogP contribution < -0.4 is 0 Å². The zero-order valence-corrected chi connectivity index (χ0v) is 10.3. The van der Waals surface area contributed by atoms with Crippen LogP contribution in [0.15, 0.2) is 24.3 Å². The van der Waals surface area contributed by atoms with Crippen LogP contribution in [0.3, 0.4) is 0 Å². The van der Waals surface area contributed by atoms with Gasteiger partial charge in [0.2, 0.25) is 0 Å². The van der Waals surface area contributed by atoms with E-state index in [1.807, 2.05) is 25.1 Å². The molecular weight excluding hydrogens is 220 g/mol. The maximum atomic E-state index is 11.7. The molecular formula is C13H16O2S. The molecule has 16 heavy (non-hydrogen) atoms. The minimum atomic E-state index is -0.0518. The number of carbonyl (C=O) groups excluding carboxylic acids is 1. The summed E-state index contributed by atoms with van der Waals surface area (Å²) in [5.41, 5.74) is 2.26. The Morgan fingerprint density at radius 3 is 3.12 bits per heavy atom. The molecule has 1 aromatic rings. The van der Waals surface area contributed by atoms with Gasteiger partial charge in [0, 0.05) is 0 Å². The Labute approximate surface area is 100 Å². The summed E-state index contributed by atoms with van der Waals surface area (Å²) in [4.78, 5) is 11.7. The van der Waals surface area contributed by atoms with Crippen molar-refractivity contribution in [3.63, 3.8) is 0 Å². The number of thioether (sulfide) groups is 1. The first-order valence-electron chi connectivity index (χ1n) is 5.59. The van der Waals surface area contributed by atoms with E-state index >= 15 is 0 Å². The zero-order valence-electron chi connectivity index (χ0n) is 9.44. The predicted molar refractivity (Wildman–Crippen MR) is 66.5 cm³/mol. The topological polar surface area (TPSA) is 26.3 Å². The van der Waals surface area contributed by atoms with E-state index in [1.54, 1.807) is 11.8 Å².